The Bertz CT molecular complexity index is 4460. The Morgan fingerprint density at radius 3 is 1.29 bits per heavy atom. The van der Waals surface area contributed by atoms with E-state index >= 15 is 0 Å². The van der Waals surface area contributed by atoms with Crippen LogP contribution in [-0.2, 0) is 27.1 Å². The molecular weight excluding hydrogens is 1040 g/mol. The van der Waals surface area contributed by atoms with Crippen LogP contribution in [-0.4, -0.2) is 11.3 Å². The lowest BCUT2D eigenvalue weighted by atomic mass is 9.33. The van der Waals surface area contributed by atoms with E-state index in [9.17, 15) is 0 Å². The average Bonchev–Trinajstić information content (AvgIpc) is 0.793. The van der Waals surface area contributed by atoms with Crippen molar-refractivity contribution in [3.05, 3.63) is 240 Å². The molecular formula is C82H82BN3. The molecule has 3 aliphatic rings. The van der Waals surface area contributed by atoms with Crippen molar-refractivity contribution in [3.8, 4) is 39.1 Å². The van der Waals surface area contributed by atoms with Crippen LogP contribution in [0.2, 0.25) is 0 Å². The first-order valence-corrected chi connectivity index (χ1v) is 31.5. The molecule has 0 spiro atoms. The minimum atomic E-state index is -0.0963. The lowest BCUT2D eigenvalue weighted by Crippen LogP contribution is -2.61. The first-order chi connectivity index (χ1) is 40.8. The van der Waals surface area contributed by atoms with Gasteiger partial charge in [0.25, 0.3) is 6.71 Å². The normalized spacial score (nSPS) is 15.1. The van der Waals surface area contributed by atoms with Crippen molar-refractivity contribution >= 4 is 79.0 Å². The molecule has 0 amide bonds. The molecule has 3 nitrogen and oxygen atoms in total. The van der Waals surface area contributed by atoms with Crippen LogP contribution in [0.3, 0.4) is 0 Å². The fourth-order valence-corrected chi connectivity index (χ4v) is 15.0. The van der Waals surface area contributed by atoms with E-state index in [1.54, 1.807) is 0 Å². The van der Waals surface area contributed by atoms with Crippen LogP contribution in [0.25, 0.3) is 60.9 Å². The number of anilines is 6. The third-order valence-corrected chi connectivity index (χ3v) is 19.6. The lowest BCUT2D eigenvalue weighted by molar-refractivity contribution is 0.403. The van der Waals surface area contributed by atoms with E-state index in [1.807, 2.05) is 0 Å². The third kappa shape index (κ3) is 9.15. The predicted molar refractivity (Wildman–Crippen MR) is 372 cm³/mol. The second kappa shape index (κ2) is 19.6. The minimum absolute atomic E-state index is 0.0435. The summed E-state index contributed by atoms with van der Waals surface area (Å²) in [6.07, 6.45) is 1.14. The molecule has 0 bridgehead atoms. The smallest absolute Gasteiger partial charge is 0.252 e. The van der Waals surface area contributed by atoms with Gasteiger partial charge in [0, 0.05) is 44.9 Å². The Balaban J connectivity index is 1.08. The highest BCUT2D eigenvalue weighted by atomic mass is 15.2. The minimum Gasteiger partial charge on any atom is -0.311 e. The highest BCUT2D eigenvalue weighted by Crippen LogP contribution is 2.52. The summed E-state index contributed by atoms with van der Waals surface area (Å²) in [6.45, 7) is 35.1. The van der Waals surface area contributed by atoms with Gasteiger partial charge < -0.3 is 14.4 Å². The first-order valence-electron chi connectivity index (χ1n) is 31.5. The summed E-state index contributed by atoms with van der Waals surface area (Å²) in [6, 6.07) is 80.6. The number of hydrogen-bond acceptors (Lipinski definition) is 2. The molecule has 11 aromatic rings. The predicted octanol–water partition coefficient (Wildman–Crippen LogP) is 20.8. The van der Waals surface area contributed by atoms with Gasteiger partial charge in [0.15, 0.2) is 0 Å². The standard InChI is InChI=1S/C82H82BN3/c1-51(2)58-42-61(80(9,10)11)47-63(43-58)86-74-46-57(53-26-35-60(36-27-53)79(6,7)8)32-41-70(74)83-69-40-31-56(52-24-33-59(34-25-52)78(3,4)5)45-73(69)84(62-37-28-54(29-38-62)55-30-39-67-68(44-55)82(14,15)50-81(67,12)13)75-48-64(49-76(86)77(75)83)85-71-22-18-16-20-65(71)66-21-17-19-23-72(66)85/h16-49,51H,50H2,1-15H3. The van der Waals surface area contributed by atoms with E-state index in [0.717, 1.165) is 17.8 Å². The van der Waals surface area contributed by atoms with Gasteiger partial charge in [0.05, 0.1) is 16.7 Å². The number of para-hydroxylation sites is 2. The van der Waals surface area contributed by atoms with Gasteiger partial charge in [0.2, 0.25) is 0 Å². The van der Waals surface area contributed by atoms with Gasteiger partial charge >= 0.3 is 0 Å². The molecule has 0 atom stereocenters. The van der Waals surface area contributed by atoms with Crippen molar-refractivity contribution in [3.63, 3.8) is 0 Å². The van der Waals surface area contributed by atoms with Gasteiger partial charge in [0.1, 0.15) is 0 Å². The van der Waals surface area contributed by atoms with Crippen LogP contribution in [0.1, 0.15) is 150 Å². The van der Waals surface area contributed by atoms with E-state index < -0.39 is 0 Å². The summed E-state index contributed by atoms with van der Waals surface area (Å²) in [4.78, 5) is 5.27. The Morgan fingerprint density at radius 2 is 0.802 bits per heavy atom. The summed E-state index contributed by atoms with van der Waals surface area (Å²) >= 11 is 0. The number of aromatic nitrogens is 1. The molecule has 0 saturated heterocycles. The fourth-order valence-electron chi connectivity index (χ4n) is 15.0. The number of fused-ring (bicyclic) bond motifs is 8. The fraction of sp³-hybridized carbons (Fsp3) is 0.268. The van der Waals surface area contributed by atoms with Gasteiger partial charge in [-0.15, -0.1) is 0 Å². The first kappa shape index (κ1) is 55.5. The topological polar surface area (TPSA) is 11.4 Å². The summed E-state index contributed by atoms with van der Waals surface area (Å²) in [5.41, 5.74) is 30.3. The maximum atomic E-state index is 2.66. The number of rotatable bonds is 7. The molecule has 0 unspecified atom stereocenters. The molecule has 428 valence electrons. The quantitative estimate of drug-likeness (QED) is 0.147. The summed E-state index contributed by atoms with van der Waals surface area (Å²) in [5, 5.41) is 2.49. The number of hydrogen-bond donors (Lipinski definition) is 0. The Hall–Kier alpha value is -8.34. The summed E-state index contributed by atoms with van der Waals surface area (Å²) < 4.78 is 2.53. The van der Waals surface area contributed by atoms with Crippen molar-refractivity contribution in [1.82, 2.24) is 4.57 Å². The van der Waals surface area contributed by atoms with Crippen molar-refractivity contribution in [2.24, 2.45) is 0 Å². The van der Waals surface area contributed by atoms with Gasteiger partial charge in [-0.2, -0.15) is 0 Å². The summed E-state index contributed by atoms with van der Waals surface area (Å²) in [7, 11) is 0. The molecule has 0 radical (unpaired) electrons. The van der Waals surface area contributed by atoms with Crippen LogP contribution in [0.5, 0.6) is 0 Å². The second-order valence-electron chi connectivity index (χ2n) is 30.0. The maximum Gasteiger partial charge on any atom is 0.252 e. The Kier molecular flexibility index (Phi) is 12.7. The Labute approximate surface area is 512 Å². The molecule has 1 aliphatic carbocycles. The molecule has 14 rings (SSSR count). The van der Waals surface area contributed by atoms with Crippen LogP contribution < -0.4 is 26.2 Å². The van der Waals surface area contributed by atoms with Crippen molar-refractivity contribution in [2.75, 3.05) is 9.80 Å². The third-order valence-electron chi connectivity index (χ3n) is 19.6. The van der Waals surface area contributed by atoms with E-state index in [2.05, 4.69) is 324 Å². The zero-order valence-corrected chi connectivity index (χ0v) is 53.3. The highest BCUT2D eigenvalue weighted by Gasteiger charge is 2.45. The molecule has 2 aliphatic heterocycles. The zero-order valence-electron chi connectivity index (χ0n) is 53.3. The molecule has 0 N–H and O–H groups in total. The molecule has 0 fully saturated rings. The van der Waals surface area contributed by atoms with Crippen LogP contribution in [0.15, 0.2) is 206 Å². The molecule has 10 aromatic carbocycles. The SMILES string of the molecule is CC(C)c1cc(N2c3cc(-c4ccc(C(C)(C)C)cc4)ccc3B3c4ccc(-c5ccc(C(C)(C)C)cc5)cc4N(c4ccc(-c5ccc6c(c5)C(C)(C)CC6(C)C)cc4)c4cc(-n5c6ccccc6c6ccccc65)cc2c43)cc(C(C)(C)C)c1. The second-order valence-corrected chi connectivity index (χ2v) is 30.0. The maximum absolute atomic E-state index is 2.66. The molecule has 4 heteroatoms. The molecule has 0 saturated carbocycles. The van der Waals surface area contributed by atoms with Gasteiger partial charge in [-0.05, 0) is 183 Å². The Morgan fingerprint density at radius 1 is 0.372 bits per heavy atom. The van der Waals surface area contributed by atoms with Crippen LogP contribution in [0.4, 0.5) is 34.1 Å². The van der Waals surface area contributed by atoms with Gasteiger partial charge in [-0.1, -0.05) is 249 Å². The van der Waals surface area contributed by atoms with Crippen molar-refractivity contribution in [2.45, 2.75) is 143 Å². The molecule has 3 heterocycles. The van der Waals surface area contributed by atoms with Crippen molar-refractivity contribution < 1.29 is 0 Å². The zero-order chi connectivity index (χ0) is 60.1. The van der Waals surface area contributed by atoms with Crippen LogP contribution in [0, 0.1) is 0 Å². The molecule has 86 heavy (non-hydrogen) atoms. The van der Waals surface area contributed by atoms with Gasteiger partial charge in [-0.3, -0.25) is 0 Å². The van der Waals surface area contributed by atoms with E-state index in [0.29, 0.717) is 5.92 Å². The average molecular weight is 1120 g/mol. The van der Waals surface area contributed by atoms with Crippen LogP contribution >= 0.6 is 0 Å². The van der Waals surface area contributed by atoms with E-state index in [4.69, 9.17) is 0 Å². The van der Waals surface area contributed by atoms with E-state index in [1.165, 1.54) is 133 Å². The number of nitrogens with zero attached hydrogens (tertiary/aromatic N) is 3. The lowest BCUT2D eigenvalue weighted by Gasteiger charge is -2.45. The highest BCUT2D eigenvalue weighted by molar-refractivity contribution is 7.00. The largest absolute Gasteiger partial charge is 0.311 e. The monoisotopic (exact) mass is 1120 g/mol. The van der Waals surface area contributed by atoms with E-state index in [-0.39, 0.29) is 33.8 Å². The van der Waals surface area contributed by atoms with Crippen molar-refractivity contribution in [1.29, 1.82) is 0 Å². The number of benzene rings is 10. The molecule has 1 aromatic heterocycles. The van der Waals surface area contributed by atoms with Gasteiger partial charge in [-0.25, -0.2) is 0 Å². The summed E-state index contributed by atoms with van der Waals surface area (Å²) in [5.74, 6) is 0.318.